The van der Waals surface area contributed by atoms with Crippen molar-refractivity contribution in [3.05, 3.63) is 11.7 Å². The van der Waals surface area contributed by atoms with Crippen LogP contribution >= 0.6 is 0 Å². The lowest BCUT2D eigenvalue weighted by Crippen LogP contribution is -2.34. The number of ether oxygens (including phenoxy) is 1. The van der Waals surface area contributed by atoms with Crippen molar-refractivity contribution in [2.45, 2.75) is 38.7 Å². The quantitative estimate of drug-likeness (QED) is 0.660. The molecular weight excluding hydrogens is 250 g/mol. The topological polar surface area (TPSA) is 97.5 Å². The lowest BCUT2D eigenvalue weighted by molar-refractivity contribution is -0.121. The molecular formula is C12H21N3O4. The molecule has 19 heavy (non-hydrogen) atoms. The van der Waals surface area contributed by atoms with Crippen LogP contribution in [0, 0.1) is 0 Å². The first-order valence-corrected chi connectivity index (χ1v) is 6.40. The molecule has 0 aliphatic heterocycles. The summed E-state index contributed by atoms with van der Waals surface area (Å²) in [6.45, 7) is 2.41. The van der Waals surface area contributed by atoms with Crippen LogP contribution in [0.4, 0.5) is 0 Å². The van der Waals surface area contributed by atoms with Gasteiger partial charge in [-0.05, 0) is 6.42 Å². The van der Waals surface area contributed by atoms with Crippen molar-refractivity contribution in [3.8, 4) is 0 Å². The van der Waals surface area contributed by atoms with E-state index in [4.69, 9.17) is 9.26 Å². The van der Waals surface area contributed by atoms with Crippen LogP contribution < -0.4 is 5.32 Å². The zero-order chi connectivity index (χ0) is 14.1. The number of amides is 1. The third-order valence-corrected chi connectivity index (χ3v) is 2.44. The zero-order valence-corrected chi connectivity index (χ0v) is 11.4. The van der Waals surface area contributed by atoms with Gasteiger partial charge in [0.2, 0.25) is 11.8 Å². The van der Waals surface area contributed by atoms with E-state index in [-0.39, 0.29) is 25.5 Å². The van der Waals surface area contributed by atoms with E-state index in [1.807, 2.05) is 6.92 Å². The summed E-state index contributed by atoms with van der Waals surface area (Å²) in [5.41, 5.74) is 0. The molecule has 1 aromatic rings. The van der Waals surface area contributed by atoms with E-state index in [1.165, 1.54) is 7.11 Å². The summed E-state index contributed by atoms with van der Waals surface area (Å²) < 4.78 is 9.78. The molecule has 1 unspecified atom stereocenters. The number of methoxy groups -OCH3 is 1. The summed E-state index contributed by atoms with van der Waals surface area (Å²) in [6.07, 6.45) is 1.71. The molecule has 0 radical (unpaired) electrons. The van der Waals surface area contributed by atoms with Crippen molar-refractivity contribution in [2.75, 3.05) is 20.3 Å². The van der Waals surface area contributed by atoms with Gasteiger partial charge in [-0.1, -0.05) is 12.1 Å². The Balaban J connectivity index is 2.21. The average Bonchev–Trinajstić information content (AvgIpc) is 2.82. The van der Waals surface area contributed by atoms with Crippen molar-refractivity contribution in [1.82, 2.24) is 15.5 Å². The maximum absolute atomic E-state index is 11.5. The van der Waals surface area contributed by atoms with Crippen molar-refractivity contribution in [1.29, 1.82) is 0 Å². The Morgan fingerprint density at radius 3 is 3.00 bits per heavy atom. The van der Waals surface area contributed by atoms with E-state index in [2.05, 4.69) is 15.5 Å². The molecule has 0 saturated heterocycles. The number of hydrogen-bond donors (Lipinski definition) is 2. The largest absolute Gasteiger partial charge is 0.389 e. The summed E-state index contributed by atoms with van der Waals surface area (Å²) in [6, 6.07) is 0. The number of carbonyl (C=O) groups is 1. The third-order valence-electron chi connectivity index (χ3n) is 2.44. The van der Waals surface area contributed by atoms with Crippen molar-refractivity contribution < 1.29 is 19.2 Å². The van der Waals surface area contributed by atoms with Gasteiger partial charge in [0.25, 0.3) is 0 Å². The standard InChI is InChI=1S/C12H21N3O4/c1-3-4-10-14-12(19-15-10)6-5-11(17)13-7-9(16)8-18-2/h9,16H,3-8H2,1-2H3,(H,13,17). The monoisotopic (exact) mass is 271 g/mol. The van der Waals surface area contributed by atoms with Crippen LogP contribution in [-0.4, -0.2) is 47.5 Å². The van der Waals surface area contributed by atoms with Gasteiger partial charge in [0.1, 0.15) is 0 Å². The average molecular weight is 271 g/mol. The molecule has 7 nitrogen and oxygen atoms in total. The molecule has 108 valence electrons. The van der Waals surface area contributed by atoms with E-state index >= 15 is 0 Å². The van der Waals surface area contributed by atoms with Gasteiger partial charge in [-0.25, -0.2) is 0 Å². The number of nitrogens with zero attached hydrogens (tertiary/aromatic N) is 2. The van der Waals surface area contributed by atoms with Crippen LogP contribution in [0.1, 0.15) is 31.5 Å². The van der Waals surface area contributed by atoms with Gasteiger partial charge < -0.3 is 19.7 Å². The van der Waals surface area contributed by atoms with Gasteiger partial charge in [0, 0.05) is 32.9 Å². The highest BCUT2D eigenvalue weighted by Crippen LogP contribution is 2.02. The number of hydrogen-bond acceptors (Lipinski definition) is 6. The van der Waals surface area contributed by atoms with Crippen LogP contribution in [0.15, 0.2) is 4.52 Å². The van der Waals surface area contributed by atoms with Gasteiger partial charge in [-0.15, -0.1) is 0 Å². The minimum Gasteiger partial charge on any atom is -0.389 e. The number of nitrogens with one attached hydrogen (secondary N) is 1. The molecule has 0 aliphatic rings. The van der Waals surface area contributed by atoms with E-state index in [9.17, 15) is 9.90 Å². The Morgan fingerprint density at radius 1 is 1.53 bits per heavy atom. The van der Waals surface area contributed by atoms with Gasteiger partial charge in [-0.3, -0.25) is 4.79 Å². The second-order valence-electron chi connectivity index (χ2n) is 4.27. The number of carbonyl (C=O) groups excluding carboxylic acids is 1. The first-order valence-electron chi connectivity index (χ1n) is 6.40. The van der Waals surface area contributed by atoms with E-state index in [0.29, 0.717) is 18.1 Å². The number of aliphatic hydroxyl groups is 1. The molecule has 1 amide bonds. The van der Waals surface area contributed by atoms with Gasteiger partial charge in [0.05, 0.1) is 12.7 Å². The molecule has 2 N–H and O–H groups in total. The fourth-order valence-corrected chi connectivity index (χ4v) is 1.51. The molecule has 0 aromatic carbocycles. The molecule has 0 fully saturated rings. The lowest BCUT2D eigenvalue weighted by atomic mass is 10.3. The SMILES string of the molecule is CCCc1noc(CCC(=O)NCC(O)COC)n1. The summed E-state index contributed by atoms with van der Waals surface area (Å²) in [4.78, 5) is 15.7. The molecule has 0 aliphatic carbocycles. The second kappa shape index (κ2) is 8.60. The normalized spacial score (nSPS) is 12.4. The van der Waals surface area contributed by atoms with Gasteiger partial charge in [0.15, 0.2) is 5.82 Å². The molecule has 1 atom stereocenters. The molecule has 1 rings (SSSR count). The number of aliphatic hydroxyl groups excluding tert-OH is 1. The number of aromatic nitrogens is 2. The van der Waals surface area contributed by atoms with Crippen molar-refractivity contribution in [2.24, 2.45) is 0 Å². The Kier molecular flexibility index (Phi) is 7.06. The smallest absolute Gasteiger partial charge is 0.227 e. The van der Waals surface area contributed by atoms with Crippen molar-refractivity contribution >= 4 is 5.91 Å². The summed E-state index contributed by atoms with van der Waals surface area (Å²) >= 11 is 0. The molecule has 7 heteroatoms. The minimum absolute atomic E-state index is 0.162. The molecule has 0 bridgehead atoms. The lowest BCUT2D eigenvalue weighted by Gasteiger charge is -2.10. The van der Waals surface area contributed by atoms with Crippen LogP contribution in [0.3, 0.4) is 0 Å². The van der Waals surface area contributed by atoms with Crippen LogP contribution in [0.25, 0.3) is 0 Å². The summed E-state index contributed by atoms with van der Waals surface area (Å²) in [7, 11) is 1.49. The highest BCUT2D eigenvalue weighted by molar-refractivity contribution is 5.76. The predicted molar refractivity (Wildman–Crippen MR) is 67.5 cm³/mol. The maximum atomic E-state index is 11.5. The van der Waals surface area contributed by atoms with Gasteiger partial charge >= 0.3 is 0 Å². The number of aryl methyl sites for hydroxylation is 2. The second-order valence-corrected chi connectivity index (χ2v) is 4.27. The van der Waals surface area contributed by atoms with E-state index in [0.717, 1.165) is 12.8 Å². The van der Waals surface area contributed by atoms with E-state index < -0.39 is 6.10 Å². The fraction of sp³-hybridized carbons (Fsp3) is 0.750. The molecule has 1 heterocycles. The van der Waals surface area contributed by atoms with Crippen LogP contribution in [-0.2, 0) is 22.4 Å². The fourth-order valence-electron chi connectivity index (χ4n) is 1.51. The number of rotatable bonds is 9. The van der Waals surface area contributed by atoms with E-state index in [1.54, 1.807) is 0 Å². The van der Waals surface area contributed by atoms with Gasteiger partial charge in [-0.2, -0.15) is 4.98 Å². The highest BCUT2D eigenvalue weighted by atomic mass is 16.5. The molecule has 0 spiro atoms. The highest BCUT2D eigenvalue weighted by Gasteiger charge is 2.10. The first kappa shape index (κ1) is 15.6. The predicted octanol–water partition coefficient (Wildman–Crippen LogP) is 0.0782. The molecule has 1 aromatic heterocycles. The van der Waals surface area contributed by atoms with Crippen LogP contribution in [0.2, 0.25) is 0 Å². The minimum atomic E-state index is -0.687. The Bertz CT molecular complexity index is 381. The van der Waals surface area contributed by atoms with Crippen molar-refractivity contribution in [3.63, 3.8) is 0 Å². The summed E-state index contributed by atoms with van der Waals surface area (Å²) in [5, 5.41) is 15.8. The molecule has 0 saturated carbocycles. The maximum Gasteiger partial charge on any atom is 0.227 e. The Hall–Kier alpha value is -1.47. The Labute approximate surface area is 112 Å². The first-order chi connectivity index (χ1) is 9.15. The zero-order valence-electron chi connectivity index (χ0n) is 11.4. The Morgan fingerprint density at radius 2 is 2.32 bits per heavy atom. The summed E-state index contributed by atoms with van der Waals surface area (Å²) in [5.74, 6) is 0.981. The third kappa shape index (κ3) is 6.30. The van der Waals surface area contributed by atoms with Crippen LogP contribution in [0.5, 0.6) is 0 Å².